The second kappa shape index (κ2) is 60.4. The SMILES string of the molecule is CCCC/C=C\C/C=C\CCCCCCCC(=O)OC(COC(=O)CCCCCCC)COC(=O)CCCCCCCCCCCCCCCCCCCCCCCCCCCCCCCCCCCC. The Morgan fingerprint density at radius 2 is 0.521 bits per heavy atom. The van der Waals surface area contributed by atoms with E-state index in [2.05, 4.69) is 45.1 Å². The van der Waals surface area contributed by atoms with Gasteiger partial charge in [0.1, 0.15) is 13.2 Å². The topological polar surface area (TPSA) is 78.9 Å². The lowest BCUT2D eigenvalue weighted by molar-refractivity contribution is -0.167. The van der Waals surface area contributed by atoms with Crippen LogP contribution in [0.4, 0.5) is 0 Å². The first-order valence-corrected chi connectivity index (χ1v) is 31.8. The maximum Gasteiger partial charge on any atom is 0.306 e. The van der Waals surface area contributed by atoms with Crippen molar-refractivity contribution in [2.75, 3.05) is 13.2 Å². The first kappa shape index (κ1) is 68.9. The van der Waals surface area contributed by atoms with Crippen LogP contribution in [-0.4, -0.2) is 37.2 Å². The molecule has 0 bridgehead atoms. The van der Waals surface area contributed by atoms with E-state index in [1.54, 1.807) is 0 Å². The van der Waals surface area contributed by atoms with Gasteiger partial charge in [-0.15, -0.1) is 0 Å². The van der Waals surface area contributed by atoms with E-state index in [4.69, 9.17) is 14.2 Å². The van der Waals surface area contributed by atoms with E-state index in [1.165, 1.54) is 225 Å². The van der Waals surface area contributed by atoms with Gasteiger partial charge in [0, 0.05) is 19.3 Å². The monoisotopic (exact) mass is 999 g/mol. The summed E-state index contributed by atoms with van der Waals surface area (Å²) in [4.78, 5) is 37.8. The zero-order valence-corrected chi connectivity index (χ0v) is 48.0. The summed E-state index contributed by atoms with van der Waals surface area (Å²) in [6.07, 6.45) is 72.7. The van der Waals surface area contributed by atoms with Gasteiger partial charge in [-0.2, -0.15) is 0 Å². The van der Waals surface area contributed by atoms with Gasteiger partial charge < -0.3 is 14.2 Å². The number of rotatable bonds is 59. The fourth-order valence-electron chi connectivity index (χ4n) is 9.64. The summed E-state index contributed by atoms with van der Waals surface area (Å²) in [5.74, 6) is -0.885. The third-order valence-electron chi connectivity index (χ3n) is 14.5. The highest BCUT2D eigenvalue weighted by Gasteiger charge is 2.19. The summed E-state index contributed by atoms with van der Waals surface area (Å²) in [7, 11) is 0. The predicted octanol–water partition coefficient (Wildman–Crippen LogP) is 21.4. The van der Waals surface area contributed by atoms with Crippen molar-refractivity contribution >= 4 is 17.9 Å². The van der Waals surface area contributed by atoms with Crippen LogP contribution in [0.25, 0.3) is 0 Å². The molecule has 0 aliphatic heterocycles. The van der Waals surface area contributed by atoms with E-state index in [9.17, 15) is 14.4 Å². The summed E-state index contributed by atoms with van der Waals surface area (Å²) in [5, 5.41) is 0. The van der Waals surface area contributed by atoms with Crippen LogP contribution in [0, 0.1) is 0 Å². The van der Waals surface area contributed by atoms with E-state index in [0.29, 0.717) is 19.3 Å². The summed E-state index contributed by atoms with van der Waals surface area (Å²) in [6, 6.07) is 0. The average molecular weight is 1000 g/mol. The molecule has 0 spiro atoms. The zero-order valence-electron chi connectivity index (χ0n) is 48.0. The number of carbonyl (C=O) groups is 3. The molecule has 0 aromatic heterocycles. The Bertz CT molecular complexity index is 1150. The number of unbranched alkanes of at least 4 members (excludes halogenated alkanes) is 44. The van der Waals surface area contributed by atoms with Crippen molar-refractivity contribution in [3.63, 3.8) is 0 Å². The Labute approximate surface area is 443 Å². The normalized spacial score (nSPS) is 12.1. The van der Waals surface area contributed by atoms with E-state index < -0.39 is 6.10 Å². The van der Waals surface area contributed by atoms with Gasteiger partial charge in [0.15, 0.2) is 6.10 Å². The molecule has 0 aromatic rings. The molecule has 0 N–H and O–H groups in total. The van der Waals surface area contributed by atoms with Gasteiger partial charge in [-0.3, -0.25) is 14.4 Å². The molecule has 0 aliphatic rings. The predicted molar refractivity (Wildman–Crippen MR) is 307 cm³/mol. The van der Waals surface area contributed by atoms with E-state index in [-0.39, 0.29) is 31.1 Å². The second-order valence-corrected chi connectivity index (χ2v) is 21.7. The van der Waals surface area contributed by atoms with Crippen LogP contribution in [-0.2, 0) is 28.6 Å². The molecule has 6 nitrogen and oxygen atoms in total. The molecule has 1 atom stereocenters. The van der Waals surface area contributed by atoms with Crippen molar-refractivity contribution in [3.8, 4) is 0 Å². The Morgan fingerprint density at radius 3 is 0.817 bits per heavy atom. The fraction of sp³-hybridized carbons (Fsp3) is 0.892. The lowest BCUT2D eigenvalue weighted by atomic mass is 10.0. The van der Waals surface area contributed by atoms with Gasteiger partial charge in [0.25, 0.3) is 0 Å². The Morgan fingerprint density at radius 1 is 0.282 bits per heavy atom. The maximum absolute atomic E-state index is 12.7. The van der Waals surface area contributed by atoms with Crippen molar-refractivity contribution in [2.24, 2.45) is 0 Å². The molecule has 0 aliphatic carbocycles. The van der Waals surface area contributed by atoms with Gasteiger partial charge in [-0.25, -0.2) is 0 Å². The molecular formula is C65H122O6. The van der Waals surface area contributed by atoms with E-state index >= 15 is 0 Å². The van der Waals surface area contributed by atoms with Crippen LogP contribution >= 0.6 is 0 Å². The first-order valence-electron chi connectivity index (χ1n) is 31.8. The third-order valence-corrected chi connectivity index (χ3v) is 14.5. The molecular weight excluding hydrogens is 877 g/mol. The Hall–Kier alpha value is -2.11. The second-order valence-electron chi connectivity index (χ2n) is 21.7. The van der Waals surface area contributed by atoms with Crippen LogP contribution < -0.4 is 0 Å². The maximum atomic E-state index is 12.7. The van der Waals surface area contributed by atoms with Crippen LogP contribution in [0.15, 0.2) is 24.3 Å². The molecule has 418 valence electrons. The van der Waals surface area contributed by atoms with E-state index in [0.717, 1.165) is 89.9 Å². The number of carbonyl (C=O) groups excluding carboxylic acids is 3. The lowest BCUT2D eigenvalue weighted by Crippen LogP contribution is -2.30. The van der Waals surface area contributed by atoms with Crippen molar-refractivity contribution < 1.29 is 28.6 Å². The zero-order chi connectivity index (χ0) is 51.4. The molecule has 0 amide bonds. The van der Waals surface area contributed by atoms with Crippen LogP contribution in [0.2, 0.25) is 0 Å². The number of hydrogen-bond acceptors (Lipinski definition) is 6. The fourth-order valence-corrected chi connectivity index (χ4v) is 9.64. The smallest absolute Gasteiger partial charge is 0.306 e. The van der Waals surface area contributed by atoms with Crippen LogP contribution in [0.3, 0.4) is 0 Å². The molecule has 6 heteroatoms. The highest BCUT2D eigenvalue weighted by Crippen LogP contribution is 2.18. The summed E-state index contributed by atoms with van der Waals surface area (Å²) in [6.45, 7) is 6.55. The highest BCUT2D eigenvalue weighted by molar-refractivity contribution is 5.71. The van der Waals surface area contributed by atoms with Crippen molar-refractivity contribution in [2.45, 2.75) is 361 Å². The lowest BCUT2D eigenvalue weighted by Gasteiger charge is -2.18. The number of esters is 3. The largest absolute Gasteiger partial charge is 0.462 e. The quantitative estimate of drug-likeness (QED) is 0.0261. The van der Waals surface area contributed by atoms with Crippen LogP contribution in [0.1, 0.15) is 355 Å². The Kier molecular flexibility index (Phi) is 58.6. The van der Waals surface area contributed by atoms with Gasteiger partial charge >= 0.3 is 17.9 Å². The molecule has 0 heterocycles. The van der Waals surface area contributed by atoms with Crippen molar-refractivity contribution in [1.82, 2.24) is 0 Å². The van der Waals surface area contributed by atoms with Crippen LogP contribution in [0.5, 0.6) is 0 Å². The summed E-state index contributed by atoms with van der Waals surface area (Å²) < 4.78 is 16.7. The average Bonchev–Trinajstić information content (AvgIpc) is 3.37. The molecule has 0 saturated heterocycles. The molecule has 0 saturated carbocycles. The number of allylic oxidation sites excluding steroid dienone is 4. The molecule has 0 radical (unpaired) electrons. The minimum atomic E-state index is -0.771. The number of ether oxygens (including phenoxy) is 3. The molecule has 0 fully saturated rings. The highest BCUT2D eigenvalue weighted by atomic mass is 16.6. The minimum Gasteiger partial charge on any atom is -0.462 e. The van der Waals surface area contributed by atoms with Gasteiger partial charge in [-0.1, -0.05) is 315 Å². The molecule has 1 unspecified atom stereocenters. The minimum absolute atomic E-state index is 0.0733. The third kappa shape index (κ3) is 58.7. The first-order chi connectivity index (χ1) is 35.0. The molecule has 0 rings (SSSR count). The molecule has 0 aromatic carbocycles. The van der Waals surface area contributed by atoms with Gasteiger partial charge in [0.2, 0.25) is 0 Å². The van der Waals surface area contributed by atoms with Gasteiger partial charge in [-0.05, 0) is 44.9 Å². The van der Waals surface area contributed by atoms with E-state index in [1.807, 2.05) is 0 Å². The van der Waals surface area contributed by atoms with Gasteiger partial charge in [0.05, 0.1) is 0 Å². The van der Waals surface area contributed by atoms with Crippen molar-refractivity contribution in [3.05, 3.63) is 24.3 Å². The standard InChI is InChI=1S/C65H122O6/c1-4-7-10-13-15-17-19-21-23-24-25-26-27-28-29-30-31-32-33-34-35-36-37-38-39-40-41-42-44-45-47-49-52-55-58-64(67)70-61-62(60-69-63(66)57-54-51-12-9-6-3)71-65(68)59-56-53-50-48-46-43-22-20-18-16-14-11-8-5-2/h14,16,20,22,62H,4-13,15,17-19,21,23-61H2,1-3H3/b16-14-,22-20-. The number of hydrogen-bond donors (Lipinski definition) is 0. The summed E-state index contributed by atoms with van der Waals surface area (Å²) >= 11 is 0. The Balaban J connectivity index is 3.83. The molecule has 71 heavy (non-hydrogen) atoms. The van der Waals surface area contributed by atoms with Crippen molar-refractivity contribution in [1.29, 1.82) is 0 Å². The summed E-state index contributed by atoms with van der Waals surface area (Å²) in [5.41, 5.74) is 0.